The summed E-state index contributed by atoms with van der Waals surface area (Å²) in [5.41, 5.74) is 23.1. The third kappa shape index (κ3) is 12.5. The van der Waals surface area contributed by atoms with E-state index in [1.807, 2.05) is 24.8 Å². The Bertz CT molecular complexity index is 3710. The Morgan fingerprint density at radius 2 is 0.529 bits per heavy atom. The number of benzene rings is 9. The Morgan fingerprint density at radius 1 is 0.259 bits per heavy atom. The summed E-state index contributed by atoms with van der Waals surface area (Å²) in [5.74, 6) is 0. The van der Waals surface area contributed by atoms with Crippen molar-refractivity contribution in [3.05, 3.63) is 277 Å². The zero-order chi connectivity index (χ0) is 59.8. The van der Waals surface area contributed by atoms with E-state index in [1.54, 1.807) is 0 Å². The van der Waals surface area contributed by atoms with Gasteiger partial charge in [-0.25, -0.2) is 0 Å². The second-order valence-electron chi connectivity index (χ2n) is 26.7. The average molecular weight is 1130 g/mol. The summed E-state index contributed by atoms with van der Waals surface area (Å²) in [4.78, 5) is 14.9. The van der Waals surface area contributed by atoms with Gasteiger partial charge in [-0.3, -0.25) is 9.97 Å². The maximum absolute atomic E-state index is 7.83. The van der Waals surface area contributed by atoms with Crippen LogP contribution in [0.1, 0.15) is 105 Å². The highest BCUT2D eigenvalue weighted by atomic mass is 35.5. The molecule has 0 aliphatic heterocycles. The molecule has 85 heavy (non-hydrogen) atoms. The van der Waals surface area contributed by atoms with Crippen LogP contribution in [0.5, 0.6) is 0 Å². The summed E-state index contributed by atoms with van der Waals surface area (Å²) < 4.78 is 0. The largest absolute Gasteiger partial charge is 0.309 e. The Labute approximate surface area is 510 Å². The Morgan fingerprint density at radius 3 is 0.800 bits per heavy atom. The van der Waals surface area contributed by atoms with Gasteiger partial charge in [0.2, 0.25) is 0 Å². The number of hydrogen-bond acceptors (Lipinski definition) is 4. The second-order valence-corrected chi connectivity index (χ2v) is 27.1. The fourth-order valence-electron chi connectivity index (χ4n) is 11.3. The van der Waals surface area contributed by atoms with Crippen LogP contribution >= 0.6 is 11.6 Å². The fraction of sp³-hybridized carbons (Fsp3) is 0.200. The van der Waals surface area contributed by atoms with Gasteiger partial charge < -0.3 is 9.80 Å². The van der Waals surface area contributed by atoms with Crippen LogP contribution in [0.2, 0.25) is 5.02 Å². The molecule has 11 rings (SSSR count). The molecule has 2 heterocycles. The molecule has 0 spiro atoms. The van der Waals surface area contributed by atoms with Crippen LogP contribution in [0.4, 0.5) is 34.1 Å². The first-order chi connectivity index (χ1) is 40.6. The van der Waals surface area contributed by atoms with E-state index >= 15 is 0 Å². The molecule has 4 nitrogen and oxygen atoms in total. The van der Waals surface area contributed by atoms with E-state index in [0.29, 0.717) is 5.02 Å². The number of rotatable bonds is 12. The van der Waals surface area contributed by atoms with E-state index in [2.05, 4.69) is 317 Å². The zero-order valence-electron chi connectivity index (χ0n) is 51.3. The summed E-state index contributed by atoms with van der Waals surface area (Å²) in [7, 11) is 0. The summed E-state index contributed by atoms with van der Waals surface area (Å²) in [6, 6.07) is 81.4. The van der Waals surface area contributed by atoms with Crippen molar-refractivity contribution >= 4 is 45.7 Å². The van der Waals surface area contributed by atoms with Gasteiger partial charge in [0.25, 0.3) is 0 Å². The van der Waals surface area contributed by atoms with E-state index in [4.69, 9.17) is 21.6 Å². The molecule has 0 radical (unpaired) electrons. The van der Waals surface area contributed by atoms with Gasteiger partial charge in [-0.2, -0.15) is 0 Å². The van der Waals surface area contributed by atoms with Crippen LogP contribution in [-0.2, 0) is 21.7 Å². The molecular weight excluding hydrogens is 1050 g/mol. The molecule has 0 saturated heterocycles. The average Bonchev–Trinajstić information content (AvgIpc) is 1.55. The van der Waals surface area contributed by atoms with Crippen molar-refractivity contribution in [1.29, 1.82) is 0 Å². The quantitative estimate of drug-likeness (QED) is 0.122. The van der Waals surface area contributed by atoms with Crippen molar-refractivity contribution < 1.29 is 0 Å². The minimum absolute atomic E-state index is 0.0736. The lowest BCUT2D eigenvalue weighted by molar-refractivity contribution is 0.568. The molecule has 0 bridgehead atoms. The van der Waals surface area contributed by atoms with Crippen molar-refractivity contribution in [1.82, 2.24) is 9.97 Å². The van der Waals surface area contributed by atoms with Crippen LogP contribution in [0.15, 0.2) is 249 Å². The van der Waals surface area contributed by atoms with Crippen molar-refractivity contribution in [2.45, 2.75) is 105 Å². The minimum Gasteiger partial charge on any atom is -0.309 e. The van der Waals surface area contributed by atoms with E-state index in [1.165, 1.54) is 33.4 Å². The predicted molar refractivity (Wildman–Crippen MR) is 364 cm³/mol. The number of anilines is 6. The molecule has 5 heteroatoms. The second kappa shape index (κ2) is 23.3. The number of halogens is 1. The third-order valence-corrected chi connectivity index (χ3v) is 16.4. The number of hydrogen-bond donors (Lipinski definition) is 0. The highest BCUT2D eigenvalue weighted by Crippen LogP contribution is 2.52. The lowest BCUT2D eigenvalue weighted by Gasteiger charge is -2.34. The summed E-state index contributed by atoms with van der Waals surface area (Å²) in [6.07, 6.45) is 8.03. The van der Waals surface area contributed by atoms with Crippen molar-refractivity contribution in [3.63, 3.8) is 0 Å². The van der Waals surface area contributed by atoms with E-state index in [9.17, 15) is 0 Å². The van der Waals surface area contributed by atoms with Crippen LogP contribution in [0, 0.1) is 0 Å². The first kappa shape index (κ1) is 58.0. The summed E-state index contributed by atoms with van der Waals surface area (Å²) in [6.45, 7) is 27.6. The highest BCUT2D eigenvalue weighted by Gasteiger charge is 2.29. The molecule has 0 fully saturated rings. The summed E-state index contributed by atoms with van der Waals surface area (Å²) >= 11 is 7.83. The molecule has 0 aliphatic carbocycles. The standard InChI is InChI=1S/C80H77ClN4/c1-77(2,3)62-39-60(40-63(45-62)78(4,5)6)58-35-25-37-67(43-58)84(75-71(54-27-17-13-18-28-54)50-82-51-72(75)55-29-19-14-20-30-55)69-47-66(81)48-70(49-69)85(76-73(56-31-21-15-22-32-56)52-83-53-74(76)57-33-23-16-24-34-57)68-38-26-36-59(44-68)61-41-64(79(7,8)9)46-65(42-61)80(10,11)12/h13-53H,1-12H3. The van der Waals surface area contributed by atoms with Crippen LogP contribution in [-0.4, -0.2) is 9.97 Å². The smallest absolute Gasteiger partial charge is 0.0649 e. The maximum Gasteiger partial charge on any atom is 0.0649 e. The SMILES string of the molecule is CC(C)(C)c1cc(-c2cccc(N(c3cc(Cl)cc(N(c4cccc(-c5cc(C(C)(C)C)cc(C(C)(C)C)c5)c4)c4c(-c5ccccc5)cncc4-c4ccccc4)c3)c3c(-c4ccccc4)cncc3-c3ccccc3)c2)cc(C(C)(C)C)c1. The van der Waals surface area contributed by atoms with Crippen molar-refractivity contribution in [2.75, 3.05) is 9.80 Å². The molecule has 9 aromatic carbocycles. The van der Waals surface area contributed by atoms with Gasteiger partial charge in [-0.15, -0.1) is 0 Å². The van der Waals surface area contributed by atoms with Gasteiger partial charge in [-0.1, -0.05) is 277 Å². The fourth-order valence-corrected chi connectivity index (χ4v) is 11.5. The van der Waals surface area contributed by atoms with Crippen molar-refractivity contribution in [2.24, 2.45) is 0 Å². The number of nitrogens with zero attached hydrogens (tertiary/aromatic N) is 4. The first-order valence-electron chi connectivity index (χ1n) is 29.7. The minimum atomic E-state index is -0.0736. The van der Waals surface area contributed by atoms with Gasteiger partial charge in [-0.05, 0) is 131 Å². The van der Waals surface area contributed by atoms with Gasteiger partial charge >= 0.3 is 0 Å². The maximum atomic E-state index is 7.83. The van der Waals surface area contributed by atoms with Gasteiger partial charge in [0.05, 0.1) is 11.4 Å². The predicted octanol–water partition coefficient (Wildman–Crippen LogP) is 23.3. The monoisotopic (exact) mass is 1130 g/mol. The van der Waals surface area contributed by atoms with Crippen LogP contribution in [0.25, 0.3) is 66.8 Å². The molecule has 0 saturated carbocycles. The normalized spacial score (nSPS) is 12.1. The van der Waals surface area contributed by atoms with Crippen LogP contribution < -0.4 is 9.80 Å². The third-order valence-electron chi connectivity index (χ3n) is 16.2. The van der Waals surface area contributed by atoms with E-state index in [-0.39, 0.29) is 21.7 Å². The van der Waals surface area contributed by atoms with E-state index < -0.39 is 0 Å². The summed E-state index contributed by atoms with van der Waals surface area (Å²) in [5, 5.41) is 0.573. The molecule has 11 aromatic rings. The molecule has 424 valence electrons. The molecule has 0 amide bonds. The molecule has 0 atom stereocenters. The Balaban J connectivity index is 1.24. The van der Waals surface area contributed by atoms with Gasteiger partial charge in [0.15, 0.2) is 0 Å². The van der Waals surface area contributed by atoms with E-state index in [0.717, 1.165) is 89.8 Å². The lowest BCUT2D eigenvalue weighted by atomic mass is 9.79. The highest BCUT2D eigenvalue weighted by molar-refractivity contribution is 6.31. The molecular formula is C80H77ClN4. The molecule has 0 unspecified atom stereocenters. The van der Waals surface area contributed by atoms with Gasteiger partial charge in [0, 0.05) is 74.8 Å². The number of pyridine rings is 2. The van der Waals surface area contributed by atoms with Crippen molar-refractivity contribution in [3.8, 4) is 66.8 Å². The van der Waals surface area contributed by atoms with Crippen LogP contribution in [0.3, 0.4) is 0 Å². The molecule has 0 aliphatic rings. The Hall–Kier alpha value is -8.83. The first-order valence-corrected chi connectivity index (χ1v) is 30.1. The topological polar surface area (TPSA) is 32.3 Å². The Kier molecular flexibility index (Phi) is 15.9. The lowest BCUT2D eigenvalue weighted by Crippen LogP contribution is -2.17. The zero-order valence-corrected chi connectivity index (χ0v) is 52.1. The molecule has 2 aromatic heterocycles. The molecule has 0 N–H and O–H groups in total. The number of aromatic nitrogens is 2. The van der Waals surface area contributed by atoms with Gasteiger partial charge in [0.1, 0.15) is 0 Å².